The van der Waals surface area contributed by atoms with Crippen LogP contribution in [0.5, 0.6) is 11.5 Å². The van der Waals surface area contributed by atoms with Gasteiger partial charge in [0.05, 0.1) is 36.8 Å². The number of carbonyl (C=O) groups is 3. The Morgan fingerprint density at radius 2 is 1.60 bits per heavy atom. The summed E-state index contributed by atoms with van der Waals surface area (Å²) in [5.74, 6) is -3.95. The van der Waals surface area contributed by atoms with Gasteiger partial charge in [0.25, 0.3) is 5.91 Å². The van der Waals surface area contributed by atoms with Gasteiger partial charge in [0.1, 0.15) is 17.3 Å². The number of ether oxygens (including phenoxy) is 2. The number of fused-ring (bicyclic) bond motifs is 2. The van der Waals surface area contributed by atoms with Gasteiger partial charge in [-0.05, 0) is 91.6 Å². The Kier molecular flexibility index (Phi) is 8.46. The van der Waals surface area contributed by atoms with Gasteiger partial charge in [-0.1, -0.05) is 17.7 Å². The highest BCUT2D eigenvalue weighted by atomic mass is 19.4. The highest BCUT2D eigenvalue weighted by molar-refractivity contribution is 6.00. The SMILES string of the molecule is COc1ccc(-c2cc(C(=O)O)ccc2F)cc1C(=O)N[C@@H]1C2CCC(/C2=C/C2CC2)[C@@H]1C(=O)Nc1ccc(OC)c(C(F)(F)F)c1. The predicted octanol–water partition coefficient (Wildman–Crippen LogP) is 6.96. The van der Waals surface area contributed by atoms with Gasteiger partial charge in [-0.25, -0.2) is 9.18 Å². The van der Waals surface area contributed by atoms with Gasteiger partial charge in [0.2, 0.25) is 5.91 Å². The third-order valence-corrected chi connectivity index (χ3v) is 9.29. The van der Waals surface area contributed by atoms with E-state index in [-0.39, 0.29) is 51.3 Å². The number of alkyl halides is 3. The second kappa shape index (κ2) is 12.4. The average molecular weight is 653 g/mol. The van der Waals surface area contributed by atoms with E-state index >= 15 is 0 Å². The number of nitrogens with one attached hydrogen (secondary N) is 2. The lowest BCUT2D eigenvalue weighted by Gasteiger charge is -2.30. The molecule has 3 aromatic carbocycles. The van der Waals surface area contributed by atoms with Gasteiger partial charge < -0.3 is 25.2 Å². The molecule has 2 unspecified atom stereocenters. The number of halogens is 4. The van der Waals surface area contributed by atoms with Crippen LogP contribution in [-0.4, -0.2) is 43.2 Å². The number of rotatable bonds is 9. The second-order valence-corrected chi connectivity index (χ2v) is 12.1. The lowest BCUT2D eigenvalue weighted by molar-refractivity contribution is -0.138. The molecule has 0 heterocycles. The summed E-state index contributed by atoms with van der Waals surface area (Å²) in [5, 5.41) is 15.1. The summed E-state index contributed by atoms with van der Waals surface area (Å²) in [6.07, 6.45) is 0.966. The molecule has 2 bridgehead atoms. The molecule has 0 spiro atoms. The number of carboxylic acid groups (broad SMARTS) is 1. The fourth-order valence-corrected chi connectivity index (χ4v) is 6.95. The van der Waals surface area contributed by atoms with E-state index in [1.54, 1.807) is 0 Å². The molecular formula is C35H32F4N2O6. The third-order valence-electron chi connectivity index (χ3n) is 9.29. The molecule has 0 radical (unpaired) electrons. The zero-order valence-electron chi connectivity index (χ0n) is 25.5. The monoisotopic (exact) mass is 652 g/mol. The Labute approximate surface area is 267 Å². The van der Waals surface area contributed by atoms with Crippen LogP contribution < -0.4 is 20.1 Å². The van der Waals surface area contributed by atoms with Gasteiger partial charge >= 0.3 is 12.1 Å². The van der Waals surface area contributed by atoms with Crippen molar-refractivity contribution >= 4 is 23.5 Å². The molecule has 3 N–H and O–H groups in total. The molecule has 0 saturated heterocycles. The van der Waals surface area contributed by atoms with Crippen molar-refractivity contribution < 1.29 is 46.5 Å². The smallest absolute Gasteiger partial charge is 0.420 e. The average Bonchev–Trinajstić information content (AvgIpc) is 3.72. The maximum Gasteiger partial charge on any atom is 0.420 e. The van der Waals surface area contributed by atoms with Crippen molar-refractivity contribution in [1.29, 1.82) is 0 Å². The Morgan fingerprint density at radius 3 is 2.26 bits per heavy atom. The number of aromatic carboxylic acids is 1. The molecule has 47 heavy (non-hydrogen) atoms. The minimum Gasteiger partial charge on any atom is -0.496 e. The van der Waals surface area contributed by atoms with Gasteiger partial charge in [0.15, 0.2) is 0 Å². The first-order valence-electron chi connectivity index (χ1n) is 15.2. The zero-order chi connectivity index (χ0) is 33.6. The summed E-state index contributed by atoms with van der Waals surface area (Å²) in [6, 6.07) is 10.4. The highest BCUT2D eigenvalue weighted by Crippen LogP contribution is 2.54. The zero-order valence-corrected chi connectivity index (χ0v) is 25.5. The number of anilines is 1. The van der Waals surface area contributed by atoms with E-state index < -0.39 is 47.3 Å². The van der Waals surface area contributed by atoms with Crippen LogP contribution in [0.4, 0.5) is 23.2 Å². The standard InChI is InChI=1S/C35H32F4N2O6/c1-46-28-11-6-18(23-15-19(34(44)45)5-10-27(23)36)14-25(28)32(42)41-31-22-9-8-21(24(22)13-17-3-4-17)30(31)33(43)40-20-7-12-29(47-2)26(16-20)35(37,38)39/h5-7,10-17,21-22,30-31H,3-4,8-9H2,1-2H3,(H,40,43)(H,41,42)(H,44,45)/b24-13-/t21?,22?,30-,31+/m0/s1. The van der Waals surface area contributed by atoms with Crippen LogP contribution in [0.15, 0.2) is 66.2 Å². The Bertz CT molecular complexity index is 1780. The van der Waals surface area contributed by atoms with Gasteiger partial charge in [-0.2, -0.15) is 13.2 Å². The molecule has 3 saturated carbocycles. The molecule has 12 heteroatoms. The summed E-state index contributed by atoms with van der Waals surface area (Å²) < 4.78 is 66.2. The fraction of sp³-hybridized carbons (Fsp3) is 0.343. The largest absolute Gasteiger partial charge is 0.496 e. The molecule has 3 aliphatic rings. The molecule has 3 fully saturated rings. The first-order valence-corrected chi connectivity index (χ1v) is 15.2. The number of allylic oxidation sites excluding steroid dienone is 1. The minimum atomic E-state index is -4.71. The number of methoxy groups -OCH3 is 2. The lowest BCUT2D eigenvalue weighted by atomic mass is 9.83. The van der Waals surface area contributed by atoms with Gasteiger partial charge in [-0.3, -0.25) is 9.59 Å². The van der Waals surface area contributed by atoms with Crippen molar-refractivity contribution in [3.63, 3.8) is 0 Å². The summed E-state index contributed by atoms with van der Waals surface area (Å²) in [7, 11) is 2.50. The van der Waals surface area contributed by atoms with Crippen molar-refractivity contribution in [1.82, 2.24) is 5.32 Å². The molecule has 3 aliphatic carbocycles. The van der Waals surface area contributed by atoms with E-state index in [4.69, 9.17) is 9.47 Å². The number of carbonyl (C=O) groups excluding carboxylic acids is 2. The number of hydrogen-bond acceptors (Lipinski definition) is 5. The van der Waals surface area contributed by atoms with E-state index in [1.807, 2.05) is 0 Å². The fourth-order valence-electron chi connectivity index (χ4n) is 6.95. The van der Waals surface area contributed by atoms with Crippen molar-refractivity contribution in [2.24, 2.45) is 23.7 Å². The van der Waals surface area contributed by atoms with Crippen molar-refractivity contribution in [2.45, 2.75) is 37.9 Å². The molecule has 0 aromatic heterocycles. The van der Waals surface area contributed by atoms with Crippen LogP contribution in [0, 0.1) is 29.5 Å². The Balaban J connectivity index is 1.32. The maximum absolute atomic E-state index is 14.8. The number of carboxylic acids is 1. The third kappa shape index (κ3) is 6.28. The van der Waals surface area contributed by atoms with E-state index in [2.05, 4.69) is 16.7 Å². The highest BCUT2D eigenvalue weighted by Gasteiger charge is 2.55. The maximum atomic E-state index is 14.8. The van der Waals surface area contributed by atoms with E-state index in [0.717, 1.165) is 56.2 Å². The van der Waals surface area contributed by atoms with Crippen LogP contribution in [-0.2, 0) is 11.0 Å². The van der Waals surface area contributed by atoms with Crippen LogP contribution in [0.1, 0.15) is 52.0 Å². The summed E-state index contributed by atoms with van der Waals surface area (Å²) in [6.45, 7) is 0. The van der Waals surface area contributed by atoms with E-state index in [1.165, 1.54) is 37.4 Å². The van der Waals surface area contributed by atoms with Gasteiger partial charge in [-0.15, -0.1) is 0 Å². The molecule has 6 rings (SSSR count). The minimum absolute atomic E-state index is 0.0221. The van der Waals surface area contributed by atoms with Crippen LogP contribution in [0.3, 0.4) is 0 Å². The first kappa shape index (κ1) is 32.1. The second-order valence-electron chi connectivity index (χ2n) is 12.1. The number of amides is 2. The topological polar surface area (TPSA) is 114 Å². The van der Waals surface area contributed by atoms with E-state index in [9.17, 15) is 37.1 Å². The van der Waals surface area contributed by atoms with Crippen LogP contribution in [0.2, 0.25) is 0 Å². The van der Waals surface area contributed by atoms with Crippen molar-refractivity contribution in [3.05, 3.63) is 88.8 Å². The van der Waals surface area contributed by atoms with Gasteiger partial charge in [0, 0.05) is 23.2 Å². The lowest BCUT2D eigenvalue weighted by Crippen LogP contribution is -2.48. The molecule has 3 aromatic rings. The van der Waals surface area contributed by atoms with Crippen LogP contribution in [0.25, 0.3) is 11.1 Å². The molecule has 8 nitrogen and oxygen atoms in total. The Hall–Kier alpha value is -4.87. The quantitative estimate of drug-likeness (QED) is 0.170. The Morgan fingerprint density at radius 1 is 0.894 bits per heavy atom. The van der Waals surface area contributed by atoms with E-state index in [0.29, 0.717) is 12.3 Å². The summed E-state index contributed by atoms with van der Waals surface area (Å²) in [5.41, 5.74) is 0.139. The molecule has 4 atom stereocenters. The molecular weight excluding hydrogens is 620 g/mol. The van der Waals surface area contributed by atoms with Crippen LogP contribution >= 0.6 is 0 Å². The summed E-state index contributed by atoms with van der Waals surface area (Å²) in [4.78, 5) is 39.3. The van der Waals surface area contributed by atoms with Crippen molar-refractivity contribution in [3.8, 4) is 22.6 Å². The molecule has 0 aliphatic heterocycles. The van der Waals surface area contributed by atoms with Crippen molar-refractivity contribution in [2.75, 3.05) is 19.5 Å². The number of hydrogen-bond donors (Lipinski definition) is 3. The number of benzene rings is 3. The summed E-state index contributed by atoms with van der Waals surface area (Å²) >= 11 is 0. The molecule has 246 valence electrons. The normalized spacial score (nSPS) is 22.6. The predicted molar refractivity (Wildman–Crippen MR) is 164 cm³/mol. The first-order chi connectivity index (χ1) is 22.4. The molecule has 2 amide bonds.